The van der Waals surface area contributed by atoms with E-state index in [0.717, 1.165) is 31.6 Å². The second kappa shape index (κ2) is 7.57. The van der Waals surface area contributed by atoms with Gasteiger partial charge in [-0.25, -0.2) is 0 Å². The molecule has 3 aliphatic heterocycles. The lowest BCUT2D eigenvalue weighted by Crippen LogP contribution is -2.51. The molecular formula is C23H23N3O4. The predicted octanol–water partition coefficient (Wildman–Crippen LogP) is 2.34. The molecular weight excluding hydrogens is 382 g/mol. The van der Waals surface area contributed by atoms with Crippen LogP contribution in [0, 0.1) is 5.92 Å². The number of fused-ring (bicyclic) bond motifs is 5. The first-order chi connectivity index (χ1) is 14.6. The van der Waals surface area contributed by atoms with Crippen molar-refractivity contribution in [3.8, 4) is 0 Å². The van der Waals surface area contributed by atoms with E-state index in [1.807, 2.05) is 24.3 Å². The zero-order valence-electron chi connectivity index (χ0n) is 16.5. The van der Waals surface area contributed by atoms with Gasteiger partial charge in [0, 0.05) is 30.9 Å². The van der Waals surface area contributed by atoms with Crippen molar-refractivity contribution in [1.82, 2.24) is 10.2 Å². The van der Waals surface area contributed by atoms with Gasteiger partial charge in [-0.15, -0.1) is 0 Å². The summed E-state index contributed by atoms with van der Waals surface area (Å²) in [6.07, 6.45) is 1.24. The predicted molar refractivity (Wildman–Crippen MR) is 110 cm³/mol. The highest BCUT2D eigenvalue weighted by atomic mass is 16.5. The van der Waals surface area contributed by atoms with Crippen LogP contribution >= 0.6 is 0 Å². The largest absolute Gasteiger partial charge is 0.381 e. The Morgan fingerprint density at radius 1 is 0.967 bits per heavy atom. The van der Waals surface area contributed by atoms with Crippen LogP contribution in [0.5, 0.6) is 0 Å². The van der Waals surface area contributed by atoms with Crippen molar-refractivity contribution in [2.24, 2.45) is 5.92 Å². The van der Waals surface area contributed by atoms with E-state index in [1.54, 1.807) is 29.2 Å². The number of hydrogen-bond acceptors (Lipinski definition) is 4. The van der Waals surface area contributed by atoms with Gasteiger partial charge in [0.1, 0.15) is 12.7 Å². The number of benzene rings is 2. The molecule has 2 aromatic rings. The molecule has 1 N–H and O–H groups in total. The van der Waals surface area contributed by atoms with Gasteiger partial charge in [0.15, 0.2) is 0 Å². The maximum absolute atomic E-state index is 13.3. The maximum Gasteiger partial charge on any atom is 0.260 e. The Kier molecular flexibility index (Phi) is 4.75. The summed E-state index contributed by atoms with van der Waals surface area (Å²) in [6, 6.07) is 14.4. The first kappa shape index (κ1) is 18.8. The Labute approximate surface area is 174 Å². The van der Waals surface area contributed by atoms with Crippen molar-refractivity contribution < 1.29 is 19.1 Å². The number of carbonyl (C=O) groups is 3. The Balaban J connectivity index is 1.43. The summed E-state index contributed by atoms with van der Waals surface area (Å²) in [7, 11) is 0. The van der Waals surface area contributed by atoms with Gasteiger partial charge in [-0.1, -0.05) is 30.3 Å². The monoisotopic (exact) mass is 405 g/mol. The molecule has 0 saturated carbocycles. The highest BCUT2D eigenvalue weighted by Gasteiger charge is 2.48. The molecule has 0 aliphatic carbocycles. The Morgan fingerprint density at radius 3 is 2.47 bits per heavy atom. The minimum atomic E-state index is -0.607. The van der Waals surface area contributed by atoms with E-state index in [9.17, 15) is 14.4 Å². The highest BCUT2D eigenvalue weighted by Crippen LogP contribution is 2.44. The second-order valence-corrected chi connectivity index (χ2v) is 7.95. The lowest BCUT2D eigenvalue weighted by Gasteiger charge is -2.40. The average molecular weight is 405 g/mol. The van der Waals surface area contributed by atoms with Crippen molar-refractivity contribution in [3.63, 3.8) is 0 Å². The van der Waals surface area contributed by atoms with Crippen LogP contribution in [0.4, 0.5) is 5.69 Å². The number of ether oxygens (including phenoxy) is 1. The average Bonchev–Trinajstić information content (AvgIpc) is 3.09. The molecule has 0 spiro atoms. The van der Waals surface area contributed by atoms with E-state index in [2.05, 4.69) is 5.32 Å². The molecule has 30 heavy (non-hydrogen) atoms. The topological polar surface area (TPSA) is 79.0 Å². The first-order valence-electron chi connectivity index (χ1n) is 10.3. The Morgan fingerprint density at radius 2 is 1.67 bits per heavy atom. The van der Waals surface area contributed by atoms with E-state index in [1.165, 1.54) is 4.90 Å². The second-order valence-electron chi connectivity index (χ2n) is 7.95. The van der Waals surface area contributed by atoms with Crippen molar-refractivity contribution in [2.75, 3.05) is 31.2 Å². The van der Waals surface area contributed by atoms with Crippen molar-refractivity contribution >= 4 is 23.4 Å². The lowest BCUT2D eigenvalue weighted by molar-refractivity contribution is -0.122. The Hall–Kier alpha value is -3.19. The number of amides is 3. The summed E-state index contributed by atoms with van der Waals surface area (Å²) in [6.45, 7) is 1.92. The van der Waals surface area contributed by atoms with Crippen LogP contribution in [0.2, 0.25) is 0 Å². The number of anilines is 1. The molecule has 7 heteroatoms. The molecule has 2 aromatic carbocycles. The van der Waals surface area contributed by atoms with Crippen LogP contribution in [0.25, 0.3) is 0 Å². The van der Waals surface area contributed by atoms with Gasteiger partial charge in [-0.05, 0) is 37.0 Å². The fraction of sp³-hybridized carbons (Fsp3) is 0.348. The van der Waals surface area contributed by atoms with Crippen LogP contribution in [-0.2, 0) is 9.53 Å². The molecule has 3 amide bonds. The number of nitrogens with one attached hydrogen (secondary N) is 1. The molecule has 154 valence electrons. The molecule has 0 radical (unpaired) electrons. The van der Waals surface area contributed by atoms with Gasteiger partial charge in [-0.2, -0.15) is 0 Å². The Bertz CT molecular complexity index is 1020. The fourth-order valence-electron chi connectivity index (χ4n) is 4.55. The minimum absolute atomic E-state index is 0.0980. The minimum Gasteiger partial charge on any atom is -0.381 e. The fourth-order valence-corrected chi connectivity index (χ4v) is 4.55. The zero-order valence-corrected chi connectivity index (χ0v) is 16.5. The molecule has 1 fully saturated rings. The number of nitrogens with zero attached hydrogens (tertiary/aromatic N) is 2. The van der Waals surface area contributed by atoms with E-state index < -0.39 is 6.17 Å². The van der Waals surface area contributed by atoms with E-state index >= 15 is 0 Å². The quantitative estimate of drug-likeness (QED) is 0.847. The number of rotatable bonds is 4. The normalized spacial score (nSPS) is 20.6. The van der Waals surface area contributed by atoms with Crippen LogP contribution in [-0.4, -0.2) is 48.9 Å². The molecule has 7 nitrogen and oxygen atoms in total. The molecule has 3 aliphatic rings. The SMILES string of the molecule is O=C(CN1C(=O)c2ccccc2N2C(=O)c3ccccc3[C@H]12)NCC1CCOCC1. The molecule has 0 bridgehead atoms. The summed E-state index contributed by atoms with van der Waals surface area (Å²) in [5.41, 5.74) is 2.35. The summed E-state index contributed by atoms with van der Waals surface area (Å²) < 4.78 is 5.36. The van der Waals surface area contributed by atoms with Gasteiger partial charge in [-0.3, -0.25) is 19.3 Å². The molecule has 3 heterocycles. The molecule has 0 aromatic heterocycles. The molecule has 0 unspecified atom stereocenters. The third-order valence-electron chi connectivity index (χ3n) is 6.13. The summed E-state index contributed by atoms with van der Waals surface area (Å²) in [5, 5.41) is 2.97. The standard InChI is InChI=1S/C23H23N3O4/c27-20(24-13-15-9-11-30-12-10-15)14-25-21-16-5-1-2-6-17(16)23(29)26(21)19-8-4-3-7-18(19)22(25)28/h1-8,15,21H,9-14H2,(H,24,27)/t21-/m1/s1. The van der Waals surface area contributed by atoms with Crippen LogP contribution in [0.15, 0.2) is 48.5 Å². The third kappa shape index (κ3) is 3.06. The maximum atomic E-state index is 13.3. The molecule has 1 atom stereocenters. The summed E-state index contributed by atoms with van der Waals surface area (Å²) in [4.78, 5) is 42.3. The summed E-state index contributed by atoms with van der Waals surface area (Å²) >= 11 is 0. The van der Waals surface area contributed by atoms with Gasteiger partial charge >= 0.3 is 0 Å². The lowest BCUT2D eigenvalue weighted by atomic mass is 10.0. The van der Waals surface area contributed by atoms with Gasteiger partial charge in [0.25, 0.3) is 11.8 Å². The van der Waals surface area contributed by atoms with Gasteiger partial charge < -0.3 is 15.0 Å². The number of carbonyl (C=O) groups excluding carboxylic acids is 3. The highest BCUT2D eigenvalue weighted by molar-refractivity contribution is 6.17. The van der Waals surface area contributed by atoms with Crippen molar-refractivity contribution in [3.05, 3.63) is 65.2 Å². The number of para-hydroxylation sites is 1. The van der Waals surface area contributed by atoms with Crippen LogP contribution in [0.3, 0.4) is 0 Å². The van der Waals surface area contributed by atoms with Crippen LogP contribution in [0.1, 0.15) is 45.3 Å². The van der Waals surface area contributed by atoms with E-state index in [0.29, 0.717) is 29.3 Å². The molecule has 5 rings (SSSR count). The van der Waals surface area contributed by atoms with Gasteiger partial charge in [0.2, 0.25) is 5.91 Å². The van der Waals surface area contributed by atoms with Crippen molar-refractivity contribution in [1.29, 1.82) is 0 Å². The van der Waals surface area contributed by atoms with E-state index in [-0.39, 0.29) is 24.3 Å². The molecule has 1 saturated heterocycles. The number of hydrogen-bond donors (Lipinski definition) is 1. The summed E-state index contributed by atoms with van der Waals surface area (Å²) in [5.74, 6) is -0.211. The zero-order chi connectivity index (χ0) is 20.7. The smallest absolute Gasteiger partial charge is 0.260 e. The van der Waals surface area contributed by atoms with Crippen LogP contribution < -0.4 is 10.2 Å². The van der Waals surface area contributed by atoms with E-state index in [4.69, 9.17) is 4.74 Å². The van der Waals surface area contributed by atoms with Crippen molar-refractivity contribution in [2.45, 2.75) is 19.0 Å². The van der Waals surface area contributed by atoms with Gasteiger partial charge in [0.05, 0.1) is 11.3 Å². The third-order valence-corrected chi connectivity index (χ3v) is 6.13. The first-order valence-corrected chi connectivity index (χ1v) is 10.3.